The summed E-state index contributed by atoms with van der Waals surface area (Å²) in [5, 5.41) is 10.8. The van der Waals surface area contributed by atoms with Crippen molar-refractivity contribution in [3.05, 3.63) is 64.1 Å². The average molecular weight is 421 g/mol. The highest BCUT2D eigenvalue weighted by Crippen LogP contribution is 2.32. The zero-order valence-corrected chi connectivity index (χ0v) is 17.3. The third kappa shape index (κ3) is 5.07. The van der Waals surface area contributed by atoms with Crippen LogP contribution in [-0.2, 0) is 9.59 Å². The van der Waals surface area contributed by atoms with Crippen LogP contribution in [0.25, 0.3) is 6.08 Å². The zero-order chi connectivity index (χ0) is 21.7. The van der Waals surface area contributed by atoms with Gasteiger partial charge in [0.1, 0.15) is 18.4 Å². The minimum atomic E-state index is -0.509. The highest BCUT2D eigenvalue weighted by Gasteiger charge is 2.36. The Bertz CT molecular complexity index is 1070. The van der Waals surface area contributed by atoms with Crippen molar-refractivity contribution in [2.75, 3.05) is 18.5 Å². The van der Waals surface area contributed by atoms with E-state index in [0.717, 1.165) is 27.8 Å². The number of anilines is 1. The van der Waals surface area contributed by atoms with E-state index in [-0.39, 0.29) is 18.1 Å². The lowest BCUT2D eigenvalue weighted by Crippen LogP contribution is -2.36. The summed E-state index contributed by atoms with van der Waals surface area (Å²) in [6, 6.07) is 14.2. The Morgan fingerprint density at radius 2 is 1.90 bits per heavy atom. The van der Waals surface area contributed by atoms with Crippen LogP contribution in [0.1, 0.15) is 16.7 Å². The molecule has 1 heterocycles. The molecule has 3 amide bonds. The fourth-order valence-corrected chi connectivity index (χ4v) is 3.57. The number of hydrogen-bond acceptors (Lipinski definition) is 6. The quantitative estimate of drug-likeness (QED) is 0.711. The molecule has 7 nitrogen and oxygen atoms in total. The van der Waals surface area contributed by atoms with Crippen LogP contribution in [-0.4, -0.2) is 35.1 Å². The summed E-state index contributed by atoms with van der Waals surface area (Å²) in [7, 11) is 0. The maximum atomic E-state index is 12.6. The van der Waals surface area contributed by atoms with Gasteiger partial charge in [0.15, 0.2) is 6.61 Å². The minimum Gasteiger partial charge on any atom is -0.479 e. The zero-order valence-electron chi connectivity index (χ0n) is 16.5. The van der Waals surface area contributed by atoms with Crippen molar-refractivity contribution < 1.29 is 19.1 Å². The lowest BCUT2D eigenvalue weighted by atomic mass is 10.1. The van der Waals surface area contributed by atoms with E-state index in [0.29, 0.717) is 17.0 Å². The van der Waals surface area contributed by atoms with Crippen molar-refractivity contribution in [1.82, 2.24) is 4.90 Å². The predicted molar refractivity (Wildman–Crippen MR) is 115 cm³/mol. The van der Waals surface area contributed by atoms with Gasteiger partial charge in [-0.1, -0.05) is 18.2 Å². The molecule has 3 rings (SSSR count). The molecule has 1 N–H and O–H groups in total. The Kier molecular flexibility index (Phi) is 6.54. The van der Waals surface area contributed by atoms with E-state index in [9.17, 15) is 14.4 Å². The van der Waals surface area contributed by atoms with E-state index in [1.54, 1.807) is 36.4 Å². The van der Waals surface area contributed by atoms with Gasteiger partial charge in [-0.2, -0.15) is 5.26 Å². The number of hydrogen-bond donors (Lipinski definition) is 1. The van der Waals surface area contributed by atoms with Crippen LogP contribution in [0.5, 0.6) is 5.75 Å². The van der Waals surface area contributed by atoms with Gasteiger partial charge in [-0.15, -0.1) is 0 Å². The first-order valence-electron chi connectivity index (χ1n) is 9.09. The van der Waals surface area contributed by atoms with Crippen LogP contribution in [0.15, 0.2) is 47.4 Å². The van der Waals surface area contributed by atoms with Gasteiger partial charge in [0, 0.05) is 5.69 Å². The van der Waals surface area contributed by atoms with Gasteiger partial charge in [0.05, 0.1) is 4.91 Å². The summed E-state index contributed by atoms with van der Waals surface area (Å²) < 4.78 is 5.18. The number of ether oxygens (including phenoxy) is 1. The number of nitrogens with zero attached hydrogens (tertiary/aromatic N) is 2. The maximum absolute atomic E-state index is 12.6. The highest BCUT2D eigenvalue weighted by atomic mass is 32.2. The molecule has 152 valence electrons. The number of carbonyl (C=O) groups excluding carboxylic acids is 3. The van der Waals surface area contributed by atoms with Crippen molar-refractivity contribution in [2.24, 2.45) is 0 Å². The van der Waals surface area contributed by atoms with Crippen molar-refractivity contribution in [1.29, 1.82) is 5.26 Å². The monoisotopic (exact) mass is 421 g/mol. The molecule has 0 atom stereocenters. The van der Waals surface area contributed by atoms with Gasteiger partial charge in [0.2, 0.25) is 5.91 Å². The molecule has 8 heteroatoms. The lowest BCUT2D eigenvalue weighted by molar-refractivity contribution is -0.127. The number of nitrogens with one attached hydrogen (secondary N) is 1. The molecule has 0 unspecified atom stereocenters. The number of aryl methyl sites for hydroxylation is 2. The Labute approximate surface area is 178 Å². The molecule has 1 fully saturated rings. The summed E-state index contributed by atoms with van der Waals surface area (Å²) in [6.45, 7) is 3.51. The lowest BCUT2D eigenvalue weighted by Gasteiger charge is -2.13. The van der Waals surface area contributed by atoms with E-state index in [2.05, 4.69) is 5.32 Å². The Morgan fingerprint density at radius 1 is 1.17 bits per heavy atom. The molecule has 2 aromatic rings. The second-order valence-electron chi connectivity index (χ2n) is 6.63. The summed E-state index contributed by atoms with van der Waals surface area (Å²) in [5.41, 5.74) is 3.45. The fraction of sp³-hybridized carbons (Fsp3) is 0.182. The molecular formula is C22H19N3O4S. The molecule has 1 aliphatic rings. The first-order chi connectivity index (χ1) is 14.4. The van der Waals surface area contributed by atoms with Gasteiger partial charge < -0.3 is 10.1 Å². The molecule has 0 saturated carbocycles. The van der Waals surface area contributed by atoms with E-state index in [1.165, 1.54) is 0 Å². The van der Waals surface area contributed by atoms with Crippen LogP contribution in [0.3, 0.4) is 0 Å². The van der Waals surface area contributed by atoms with Gasteiger partial charge in [-0.25, -0.2) is 0 Å². The number of rotatable bonds is 6. The minimum absolute atomic E-state index is 0.0531. The average Bonchev–Trinajstić information content (AvgIpc) is 2.97. The highest BCUT2D eigenvalue weighted by molar-refractivity contribution is 8.18. The second-order valence-corrected chi connectivity index (χ2v) is 7.62. The van der Waals surface area contributed by atoms with E-state index in [1.807, 2.05) is 32.0 Å². The number of imide groups is 1. The Hall–Kier alpha value is -3.57. The maximum Gasteiger partial charge on any atom is 0.294 e. The predicted octanol–water partition coefficient (Wildman–Crippen LogP) is 3.88. The second kappa shape index (κ2) is 9.29. The molecule has 2 aromatic carbocycles. The topological polar surface area (TPSA) is 99.5 Å². The van der Waals surface area contributed by atoms with Crippen LogP contribution in [0.2, 0.25) is 0 Å². The molecule has 0 radical (unpaired) electrons. The largest absolute Gasteiger partial charge is 0.479 e. The first-order valence-corrected chi connectivity index (χ1v) is 9.91. The SMILES string of the molecule is Cc1ccc(NC(=O)CN2C(=O)S/C(=C\c3ccc(OCC#N)cc3)C2=O)cc1C. The molecule has 1 aliphatic heterocycles. The number of thioether (sulfide) groups is 1. The van der Waals surface area contributed by atoms with Gasteiger partial charge in [-0.05, 0) is 72.6 Å². The van der Waals surface area contributed by atoms with Crippen molar-refractivity contribution in [2.45, 2.75) is 13.8 Å². The standard InChI is InChI=1S/C22H19N3O4S/c1-14-3-6-17(11-15(14)2)24-20(26)13-25-21(27)19(30-22(25)28)12-16-4-7-18(8-5-16)29-10-9-23/h3-8,11-12H,10,13H2,1-2H3,(H,24,26)/b19-12-. The van der Waals surface area contributed by atoms with Crippen molar-refractivity contribution in [3.63, 3.8) is 0 Å². The molecule has 0 spiro atoms. The van der Waals surface area contributed by atoms with Crippen LogP contribution in [0.4, 0.5) is 10.5 Å². The third-order valence-electron chi connectivity index (χ3n) is 4.45. The molecule has 0 aliphatic carbocycles. The molecule has 0 aromatic heterocycles. The Morgan fingerprint density at radius 3 is 2.57 bits per heavy atom. The number of amides is 3. The van der Waals surface area contributed by atoms with E-state index < -0.39 is 17.1 Å². The van der Waals surface area contributed by atoms with Gasteiger partial charge >= 0.3 is 0 Å². The molecule has 1 saturated heterocycles. The first kappa shape index (κ1) is 21.1. The number of nitriles is 1. The summed E-state index contributed by atoms with van der Waals surface area (Å²) in [5.74, 6) is -0.421. The van der Waals surface area contributed by atoms with Crippen LogP contribution < -0.4 is 10.1 Å². The smallest absolute Gasteiger partial charge is 0.294 e. The van der Waals surface area contributed by atoms with Gasteiger partial charge in [-0.3, -0.25) is 19.3 Å². The number of carbonyl (C=O) groups is 3. The summed E-state index contributed by atoms with van der Waals surface area (Å²) in [6.07, 6.45) is 1.58. The van der Waals surface area contributed by atoms with Gasteiger partial charge in [0.25, 0.3) is 11.1 Å². The van der Waals surface area contributed by atoms with E-state index in [4.69, 9.17) is 10.00 Å². The van der Waals surface area contributed by atoms with Crippen LogP contribution >= 0.6 is 11.8 Å². The fourth-order valence-electron chi connectivity index (χ4n) is 2.73. The molecule has 30 heavy (non-hydrogen) atoms. The molecule has 0 bridgehead atoms. The third-order valence-corrected chi connectivity index (χ3v) is 5.35. The normalized spacial score (nSPS) is 14.7. The van der Waals surface area contributed by atoms with Crippen molar-refractivity contribution >= 4 is 40.6 Å². The van der Waals surface area contributed by atoms with E-state index >= 15 is 0 Å². The molecular weight excluding hydrogens is 402 g/mol. The summed E-state index contributed by atoms with van der Waals surface area (Å²) in [4.78, 5) is 38.3. The summed E-state index contributed by atoms with van der Waals surface area (Å²) >= 11 is 0.792. The Balaban J connectivity index is 1.65. The van der Waals surface area contributed by atoms with Crippen LogP contribution in [0, 0.1) is 25.2 Å². The number of benzene rings is 2. The van der Waals surface area contributed by atoms with Crippen molar-refractivity contribution in [3.8, 4) is 11.8 Å².